The number of halogens is 6. The maximum atomic E-state index is 12.7. The summed E-state index contributed by atoms with van der Waals surface area (Å²) in [6, 6.07) is 1.86. The van der Waals surface area contributed by atoms with Crippen molar-refractivity contribution in [3.63, 3.8) is 0 Å². The molecule has 0 amide bonds. The number of pyridine rings is 1. The Balaban J connectivity index is 2.32. The predicted molar refractivity (Wildman–Crippen MR) is 80.9 cm³/mol. The van der Waals surface area contributed by atoms with Crippen molar-refractivity contribution in [3.8, 4) is 0 Å². The van der Waals surface area contributed by atoms with E-state index in [1.54, 1.807) is 0 Å². The van der Waals surface area contributed by atoms with Crippen LogP contribution in [0.3, 0.4) is 0 Å². The Hall–Kier alpha value is -1.69. The van der Waals surface area contributed by atoms with Crippen molar-refractivity contribution in [3.05, 3.63) is 40.7 Å². The lowest BCUT2D eigenvalue weighted by Crippen LogP contribution is -2.11. The van der Waals surface area contributed by atoms with E-state index in [1.807, 2.05) is 0 Å². The van der Waals surface area contributed by atoms with Gasteiger partial charge >= 0.3 is 12.4 Å². The molecule has 4 nitrogen and oxygen atoms in total. The van der Waals surface area contributed by atoms with Gasteiger partial charge in [0.1, 0.15) is 5.69 Å². The number of thiazole rings is 1. The van der Waals surface area contributed by atoms with E-state index in [0.717, 1.165) is 23.7 Å². The molecule has 2 rings (SSSR count). The van der Waals surface area contributed by atoms with Gasteiger partial charge in [0, 0.05) is 17.8 Å². The van der Waals surface area contributed by atoms with Crippen LogP contribution in [0, 0.1) is 0 Å². The normalized spacial score (nSPS) is 16.3. The molecule has 2 atom stereocenters. The van der Waals surface area contributed by atoms with Gasteiger partial charge in [0.2, 0.25) is 5.13 Å². The van der Waals surface area contributed by atoms with E-state index in [1.165, 1.54) is 13.2 Å². The minimum atomic E-state index is -4.64. The molecular formula is C13H11F6N3OS2. The monoisotopic (exact) mass is 403 g/mol. The first-order valence-corrected chi connectivity index (χ1v) is 9.44. The van der Waals surface area contributed by atoms with Gasteiger partial charge in [-0.15, -0.1) is 11.3 Å². The fourth-order valence-electron chi connectivity index (χ4n) is 1.74. The van der Waals surface area contributed by atoms with Crippen LogP contribution in [0.2, 0.25) is 0 Å². The number of aromatic nitrogens is 2. The molecule has 25 heavy (non-hydrogen) atoms. The summed E-state index contributed by atoms with van der Waals surface area (Å²) in [5, 5.41) is -0.425. The molecule has 2 unspecified atom stereocenters. The second-order valence-corrected chi connectivity index (χ2v) is 8.53. The number of alkyl halides is 6. The lowest BCUT2D eigenvalue weighted by molar-refractivity contribution is -0.141. The highest BCUT2D eigenvalue weighted by molar-refractivity contribution is 7.93. The van der Waals surface area contributed by atoms with Gasteiger partial charge in [0.25, 0.3) is 0 Å². The Kier molecular flexibility index (Phi) is 5.15. The van der Waals surface area contributed by atoms with Gasteiger partial charge in [-0.2, -0.15) is 30.7 Å². The van der Waals surface area contributed by atoms with Gasteiger partial charge in [-0.05, 0) is 18.6 Å². The zero-order valence-electron chi connectivity index (χ0n) is 12.7. The van der Waals surface area contributed by atoms with Crippen LogP contribution in [-0.2, 0) is 22.1 Å². The Labute approximate surface area is 143 Å². The van der Waals surface area contributed by atoms with Crippen molar-refractivity contribution in [1.29, 1.82) is 0 Å². The number of hydrogen-bond acceptors (Lipinski definition) is 5. The van der Waals surface area contributed by atoms with Gasteiger partial charge in [-0.1, -0.05) is 6.07 Å². The fourth-order valence-corrected chi connectivity index (χ4v) is 4.06. The number of nitrogens with zero attached hydrogens (tertiary/aromatic N) is 3. The average molecular weight is 403 g/mol. The molecule has 0 bridgehead atoms. The molecule has 0 saturated carbocycles. The smallest absolute Gasteiger partial charge is 0.251 e. The minimum absolute atomic E-state index is 0.219. The molecular weight excluding hydrogens is 392 g/mol. The van der Waals surface area contributed by atoms with Crippen molar-refractivity contribution in [1.82, 2.24) is 9.97 Å². The molecule has 0 saturated heterocycles. The van der Waals surface area contributed by atoms with Gasteiger partial charge in [0.15, 0.2) is 5.69 Å². The molecule has 138 valence electrons. The van der Waals surface area contributed by atoms with E-state index < -0.39 is 38.7 Å². The lowest BCUT2D eigenvalue weighted by atomic mass is 10.2. The lowest BCUT2D eigenvalue weighted by Gasteiger charge is -2.14. The maximum Gasteiger partial charge on any atom is 0.434 e. The number of rotatable bonds is 3. The summed E-state index contributed by atoms with van der Waals surface area (Å²) in [6.45, 7) is 1.44. The molecule has 12 heteroatoms. The minimum Gasteiger partial charge on any atom is -0.251 e. The molecule has 0 fully saturated rings. The summed E-state index contributed by atoms with van der Waals surface area (Å²) < 4.78 is 91.5. The predicted octanol–water partition coefficient (Wildman–Crippen LogP) is 5.07. The summed E-state index contributed by atoms with van der Waals surface area (Å²) >= 11 is 0.580. The third-order valence-electron chi connectivity index (χ3n) is 3.24. The van der Waals surface area contributed by atoms with Crippen molar-refractivity contribution in [2.24, 2.45) is 4.36 Å². The summed E-state index contributed by atoms with van der Waals surface area (Å²) in [5.74, 6) is 0. The standard InChI is InChI=1S/C13H11F6N3OS2/c1-7(8-3-4-9(20-5-8)12(14,15)16)25(2,23)22-11-21-10(6-24-11)13(17,18)19/h3-7H,1-2H3. The summed E-state index contributed by atoms with van der Waals surface area (Å²) in [5.41, 5.74) is -2.02. The van der Waals surface area contributed by atoms with Crippen LogP contribution in [0.1, 0.15) is 29.1 Å². The third kappa shape index (κ3) is 4.69. The first-order valence-electron chi connectivity index (χ1n) is 6.57. The SMILES string of the molecule is CC(c1ccc(C(F)(F)F)nc1)S(C)(=O)=Nc1nc(C(F)(F)F)cs1. The second-order valence-electron chi connectivity index (χ2n) is 5.08. The van der Waals surface area contributed by atoms with E-state index >= 15 is 0 Å². The largest absolute Gasteiger partial charge is 0.434 e. The van der Waals surface area contributed by atoms with E-state index in [2.05, 4.69) is 14.3 Å². The Bertz CT molecular complexity index is 863. The van der Waals surface area contributed by atoms with Crippen LogP contribution in [0.4, 0.5) is 31.5 Å². The number of hydrogen-bond donors (Lipinski definition) is 0. The molecule has 2 aromatic rings. The summed E-state index contributed by atoms with van der Waals surface area (Å²) in [6.07, 6.45) is -7.12. The maximum absolute atomic E-state index is 12.7. The third-order valence-corrected chi connectivity index (χ3v) is 6.21. The summed E-state index contributed by atoms with van der Waals surface area (Å²) in [4.78, 5) is 6.55. The highest BCUT2D eigenvalue weighted by atomic mass is 32.2. The Morgan fingerprint density at radius 3 is 2.16 bits per heavy atom. The topological polar surface area (TPSA) is 55.2 Å². The molecule has 0 aromatic carbocycles. The van der Waals surface area contributed by atoms with Crippen molar-refractivity contribution in [2.75, 3.05) is 6.26 Å². The van der Waals surface area contributed by atoms with Gasteiger partial charge in [-0.3, -0.25) is 4.98 Å². The molecule has 2 aromatic heterocycles. The van der Waals surface area contributed by atoms with E-state index in [0.29, 0.717) is 11.3 Å². The molecule has 0 radical (unpaired) electrons. The van der Waals surface area contributed by atoms with E-state index in [-0.39, 0.29) is 10.7 Å². The van der Waals surface area contributed by atoms with Gasteiger partial charge in [0.05, 0.1) is 15.0 Å². The molecule has 0 aliphatic rings. The Morgan fingerprint density at radius 1 is 1.12 bits per heavy atom. The van der Waals surface area contributed by atoms with Crippen molar-refractivity contribution >= 4 is 26.2 Å². The first kappa shape index (κ1) is 19.6. The molecule has 0 N–H and O–H groups in total. The highest BCUT2D eigenvalue weighted by Crippen LogP contribution is 2.35. The van der Waals surface area contributed by atoms with Crippen LogP contribution in [0.5, 0.6) is 0 Å². The summed E-state index contributed by atoms with van der Waals surface area (Å²) in [7, 11) is -3.11. The van der Waals surface area contributed by atoms with Crippen LogP contribution in [0.25, 0.3) is 0 Å². The molecule has 2 heterocycles. The van der Waals surface area contributed by atoms with Crippen LogP contribution < -0.4 is 0 Å². The molecule has 0 aliphatic carbocycles. The van der Waals surface area contributed by atoms with Crippen molar-refractivity contribution in [2.45, 2.75) is 24.5 Å². The zero-order chi connectivity index (χ0) is 19.0. The van der Waals surface area contributed by atoms with Crippen LogP contribution in [-0.4, -0.2) is 20.4 Å². The highest BCUT2D eigenvalue weighted by Gasteiger charge is 2.34. The van der Waals surface area contributed by atoms with E-state index in [4.69, 9.17) is 0 Å². The molecule has 0 spiro atoms. The van der Waals surface area contributed by atoms with Gasteiger partial charge in [-0.25, -0.2) is 9.19 Å². The van der Waals surface area contributed by atoms with Crippen molar-refractivity contribution < 1.29 is 30.6 Å². The fraction of sp³-hybridized carbons (Fsp3) is 0.385. The molecule has 0 aliphatic heterocycles. The quantitative estimate of drug-likeness (QED) is 0.673. The average Bonchev–Trinajstić information content (AvgIpc) is 2.93. The van der Waals surface area contributed by atoms with Gasteiger partial charge < -0.3 is 0 Å². The van der Waals surface area contributed by atoms with E-state index in [9.17, 15) is 30.6 Å². The van der Waals surface area contributed by atoms with Crippen LogP contribution >= 0.6 is 11.3 Å². The van der Waals surface area contributed by atoms with Crippen LogP contribution in [0.15, 0.2) is 28.1 Å². The first-order chi connectivity index (χ1) is 11.3. The Morgan fingerprint density at radius 2 is 1.72 bits per heavy atom. The second kappa shape index (κ2) is 6.56. The zero-order valence-corrected chi connectivity index (χ0v) is 14.4.